The number of nitrogens with zero attached hydrogens (tertiary/aromatic N) is 1. The number of carboxylic acid groups (broad SMARTS) is 1. The molecule has 1 saturated carbocycles. The summed E-state index contributed by atoms with van der Waals surface area (Å²) in [7, 11) is -5.39. The zero-order valence-electron chi connectivity index (χ0n) is 14.7. The van der Waals surface area contributed by atoms with Gasteiger partial charge in [-0.3, -0.25) is 4.79 Å². The predicted octanol–water partition coefficient (Wildman–Crippen LogP) is -1.94. The quantitative estimate of drug-likeness (QED) is 0.258. The molecule has 0 aromatic rings. The molecule has 150 valence electrons. The first kappa shape index (κ1) is 21.5. The van der Waals surface area contributed by atoms with Crippen LogP contribution in [0.25, 0.3) is 0 Å². The van der Waals surface area contributed by atoms with E-state index in [1.165, 1.54) is 0 Å². The van der Waals surface area contributed by atoms with E-state index >= 15 is 0 Å². The predicted molar refractivity (Wildman–Crippen MR) is 96.1 cm³/mol. The molecule has 0 bridgehead atoms. The lowest BCUT2D eigenvalue weighted by Crippen LogP contribution is -2.56. The molecule has 8 N–H and O–H groups in total. The molecule has 0 aromatic heterocycles. The van der Waals surface area contributed by atoms with Crippen LogP contribution in [0.1, 0.15) is 38.5 Å². The van der Waals surface area contributed by atoms with Crippen LogP contribution < -0.4 is 16.2 Å². The molecular weight excluding hydrogens is 363 g/mol. The third-order valence-electron chi connectivity index (χ3n) is 5.46. The molecular formula is C14H29BN4O6S. The van der Waals surface area contributed by atoms with E-state index in [4.69, 9.17) is 21.5 Å². The maximum absolute atomic E-state index is 12.7. The molecule has 2 aliphatic rings. The van der Waals surface area contributed by atoms with Crippen molar-refractivity contribution >= 4 is 23.3 Å². The molecule has 2 rings (SSSR count). The average Bonchev–Trinajstić information content (AvgIpc) is 2.89. The summed E-state index contributed by atoms with van der Waals surface area (Å²) in [6.07, 6.45) is 3.96. The van der Waals surface area contributed by atoms with E-state index in [0.29, 0.717) is 12.8 Å². The van der Waals surface area contributed by atoms with Crippen LogP contribution in [-0.2, 0) is 15.0 Å². The number of nitrogens with two attached hydrogens (primary N) is 2. The molecule has 0 spiro atoms. The molecule has 26 heavy (non-hydrogen) atoms. The van der Waals surface area contributed by atoms with E-state index in [1.807, 2.05) is 0 Å². The third kappa shape index (κ3) is 4.94. The monoisotopic (exact) mass is 392 g/mol. The fourth-order valence-electron chi connectivity index (χ4n) is 3.79. The van der Waals surface area contributed by atoms with Crippen LogP contribution in [0.2, 0.25) is 6.32 Å². The van der Waals surface area contributed by atoms with Crippen LogP contribution in [0.15, 0.2) is 0 Å². The fourth-order valence-corrected chi connectivity index (χ4v) is 5.37. The molecule has 0 radical (unpaired) electrons. The second-order valence-corrected chi connectivity index (χ2v) is 9.13. The van der Waals surface area contributed by atoms with Gasteiger partial charge < -0.3 is 26.6 Å². The minimum Gasteiger partial charge on any atom is -0.480 e. The Bertz CT molecular complexity index is 606. The van der Waals surface area contributed by atoms with Crippen molar-refractivity contribution in [2.75, 3.05) is 13.1 Å². The van der Waals surface area contributed by atoms with Crippen LogP contribution in [0.4, 0.5) is 0 Å². The van der Waals surface area contributed by atoms with Gasteiger partial charge in [0.15, 0.2) is 0 Å². The number of rotatable bonds is 8. The number of nitrogens with one attached hydrogen (secondary N) is 1. The van der Waals surface area contributed by atoms with E-state index in [1.54, 1.807) is 0 Å². The van der Waals surface area contributed by atoms with Crippen molar-refractivity contribution in [2.45, 2.75) is 62.5 Å². The SMILES string of the molecule is N[C@H]1CCCCC1NS(=O)(=O)N1C[C@H](CCCB(O)O)[C@](N)(C(=O)O)C1. The minimum atomic E-state index is -3.91. The van der Waals surface area contributed by atoms with Crippen LogP contribution >= 0.6 is 0 Å². The van der Waals surface area contributed by atoms with Gasteiger partial charge in [-0.05, 0) is 25.6 Å². The normalized spacial score (nSPS) is 33.3. The van der Waals surface area contributed by atoms with Gasteiger partial charge in [-0.25, -0.2) is 0 Å². The Hall–Kier alpha value is -0.755. The number of carbonyl (C=O) groups is 1. The summed E-state index contributed by atoms with van der Waals surface area (Å²) in [5, 5.41) is 27.4. The van der Waals surface area contributed by atoms with Gasteiger partial charge in [-0.15, -0.1) is 0 Å². The van der Waals surface area contributed by atoms with Crippen molar-refractivity contribution in [3.05, 3.63) is 0 Å². The van der Waals surface area contributed by atoms with E-state index in [9.17, 15) is 18.3 Å². The molecule has 1 heterocycles. The highest BCUT2D eigenvalue weighted by Crippen LogP contribution is 2.32. The molecule has 4 atom stereocenters. The van der Waals surface area contributed by atoms with Gasteiger partial charge >= 0.3 is 13.1 Å². The summed E-state index contributed by atoms with van der Waals surface area (Å²) in [6.45, 7) is -0.354. The first-order valence-electron chi connectivity index (χ1n) is 8.97. The summed E-state index contributed by atoms with van der Waals surface area (Å²) in [6, 6.07) is -0.626. The van der Waals surface area contributed by atoms with Gasteiger partial charge in [-0.2, -0.15) is 17.4 Å². The standard InChI is InChI=1S/C14H29BN4O6S/c16-11-5-1-2-6-12(11)18-26(24,25)19-8-10(4-3-7-15(22)23)14(17,9-19)13(20)21/h10-12,18,22-23H,1-9,16-17H2,(H,20,21)/t10-,11-,12?,14-/m0/s1. The molecule has 1 aliphatic heterocycles. The molecule has 2 fully saturated rings. The summed E-state index contributed by atoms with van der Waals surface area (Å²) >= 11 is 0. The highest BCUT2D eigenvalue weighted by Gasteiger charge is 2.52. The Morgan fingerprint density at radius 1 is 1.31 bits per heavy atom. The highest BCUT2D eigenvalue weighted by atomic mass is 32.2. The molecule has 1 unspecified atom stereocenters. The van der Waals surface area contributed by atoms with Crippen LogP contribution in [0, 0.1) is 5.92 Å². The molecule has 12 heteroatoms. The number of aliphatic carboxylic acids is 1. The smallest absolute Gasteiger partial charge is 0.451 e. The number of hydrogen-bond donors (Lipinski definition) is 6. The zero-order valence-corrected chi connectivity index (χ0v) is 15.6. The molecule has 1 aliphatic carbocycles. The third-order valence-corrected chi connectivity index (χ3v) is 7.02. The first-order chi connectivity index (χ1) is 12.1. The van der Waals surface area contributed by atoms with Crippen molar-refractivity contribution in [1.29, 1.82) is 0 Å². The van der Waals surface area contributed by atoms with Crippen LogP contribution in [0.5, 0.6) is 0 Å². The van der Waals surface area contributed by atoms with E-state index in [2.05, 4.69) is 4.72 Å². The Morgan fingerprint density at radius 3 is 2.54 bits per heavy atom. The Kier molecular flexibility index (Phi) is 7.05. The van der Waals surface area contributed by atoms with E-state index in [-0.39, 0.29) is 37.9 Å². The Morgan fingerprint density at radius 2 is 1.96 bits per heavy atom. The van der Waals surface area contributed by atoms with Crippen molar-refractivity contribution in [3.63, 3.8) is 0 Å². The van der Waals surface area contributed by atoms with Crippen molar-refractivity contribution in [2.24, 2.45) is 17.4 Å². The topological polar surface area (TPSA) is 179 Å². The number of carboxylic acids is 1. The Balaban J connectivity index is 2.07. The summed E-state index contributed by atoms with van der Waals surface area (Å²) in [5.74, 6) is -1.88. The highest BCUT2D eigenvalue weighted by molar-refractivity contribution is 7.87. The molecule has 0 amide bonds. The molecule has 0 aromatic carbocycles. The lowest BCUT2D eigenvalue weighted by Gasteiger charge is -2.30. The zero-order chi connectivity index (χ0) is 19.5. The van der Waals surface area contributed by atoms with Gasteiger partial charge in [0.1, 0.15) is 5.54 Å². The second kappa shape index (κ2) is 8.51. The van der Waals surface area contributed by atoms with Gasteiger partial charge in [-0.1, -0.05) is 19.3 Å². The van der Waals surface area contributed by atoms with E-state index in [0.717, 1.165) is 23.6 Å². The van der Waals surface area contributed by atoms with Crippen molar-refractivity contribution in [3.8, 4) is 0 Å². The summed E-state index contributed by atoms with van der Waals surface area (Å²) < 4.78 is 29.1. The average molecular weight is 392 g/mol. The maximum atomic E-state index is 12.7. The van der Waals surface area contributed by atoms with Gasteiger partial charge in [0, 0.05) is 31.1 Å². The lowest BCUT2D eigenvalue weighted by molar-refractivity contribution is -0.144. The van der Waals surface area contributed by atoms with Gasteiger partial charge in [0.25, 0.3) is 10.2 Å². The molecule has 10 nitrogen and oxygen atoms in total. The minimum absolute atomic E-state index is 0.0262. The van der Waals surface area contributed by atoms with Crippen LogP contribution in [-0.4, -0.2) is 71.7 Å². The van der Waals surface area contributed by atoms with Gasteiger partial charge in [0.05, 0.1) is 0 Å². The van der Waals surface area contributed by atoms with E-state index < -0.39 is 34.8 Å². The first-order valence-corrected chi connectivity index (χ1v) is 10.4. The van der Waals surface area contributed by atoms with Gasteiger partial charge in [0.2, 0.25) is 0 Å². The van der Waals surface area contributed by atoms with Crippen molar-refractivity contribution in [1.82, 2.24) is 9.03 Å². The fraction of sp³-hybridized carbons (Fsp3) is 0.929. The largest absolute Gasteiger partial charge is 0.480 e. The second-order valence-electron chi connectivity index (χ2n) is 7.42. The van der Waals surface area contributed by atoms with Crippen LogP contribution in [0.3, 0.4) is 0 Å². The Labute approximate surface area is 154 Å². The van der Waals surface area contributed by atoms with Crippen molar-refractivity contribution < 1.29 is 28.4 Å². The molecule has 1 saturated heterocycles. The maximum Gasteiger partial charge on any atom is 0.451 e. The lowest BCUT2D eigenvalue weighted by atomic mass is 9.78. The summed E-state index contributed by atoms with van der Waals surface area (Å²) in [4.78, 5) is 11.7. The summed E-state index contributed by atoms with van der Waals surface area (Å²) in [5.41, 5.74) is 10.3. The number of hydrogen-bond acceptors (Lipinski definition) is 7.